The number of ketones is 1. The summed E-state index contributed by atoms with van der Waals surface area (Å²) in [6, 6.07) is 14.3. The maximum atomic E-state index is 12.5. The average Bonchev–Trinajstić information content (AvgIpc) is 2.77. The van der Waals surface area contributed by atoms with Crippen molar-refractivity contribution in [3.05, 3.63) is 65.2 Å². The summed E-state index contributed by atoms with van der Waals surface area (Å²) in [5.74, 6) is 0.236. The largest absolute Gasteiger partial charge is 0.508 e. The zero-order chi connectivity index (χ0) is 23.4. The Morgan fingerprint density at radius 2 is 1.37 bits per heavy atom. The number of carbonyl (C=O) groups is 1. The second kappa shape index (κ2) is 20.2. The molecular formula is C27H45NO2. The molecule has 0 heterocycles. The molecule has 0 spiro atoms. The van der Waals surface area contributed by atoms with Gasteiger partial charge in [-0.3, -0.25) is 9.69 Å². The molecule has 0 amide bonds. The van der Waals surface area contributed by atoms with Crippen LogP contribution in [0.15, 0.2) is 48.5 Å². The maximum Gasteiger partial charge on any atom is 0.193 e. The van der Waals surface area contributed by atoms with E-state index in [9.17, 15) is 9.90 Å². The molecule has 3 nitrogen and oxygen atoms in total. The summed E-state index contributed by atoms with van der Waals surface area (Å²) >= 11 is 0. The number of nitrogens with zero attached hydrogens (tertiary/aromatic N) is 1. The zero-order valence-corrected chi connectivity index (χ0v) is 20.7. The highest BCUT2D eigenvalue weighted by Gasteiger charge is 2.13. The first-order valence-corrected chi connectivity index (χ1v) is 11.6. The fourth-order valence-electron chi connectivity index (χ4n) is 2.52. The van der Waals surface area contributed by atoms with Gasteiger partial charge in [-0.15, -0.1) is 0 Å². The molecule has 0 aromatic heterocycles. The molecule has 30 heavy (non-hydrogen) atoms. The number of carbonyl (C=O) groups excluding carboxylic acids is 1. The third kappa shape index (κ3) is 12.4. The quantitative estimate of drug-likeness (QED) is 0.471. The van der Waals surface area contributed by atoms with Gasteiger partial charge in [-0.25, -0.2) is 0 Å². The first-order chi connectivity index (χ1) is 14.5. The van der Waals surface area contributed by atoms with Gasteiger partial charge in [0.15, 0.2) is 5.78 Å². The van der Waals surface area contributed by atoms with E-state index < -0.39 is 0 Å². The molecule has 1 N–H and O–H groups in total. The number of hydrogen-bond donors (Lipinski definition) is 1. The van der Waals surface area contributed by atoms with Gasteiger partial charge in [-0.2, -0.15) is 0 Å². The summed E-state index contributed by atoms with van der Waals surface area (Å²) in [5.41, 5.74) is 2.09. The van der Waals surface area contributed by atoms with Crippen molar-refractivity contribution in [1.82, 2.24) is 4.90 Å². The molecule has 0 aliphatic carbocycles. The van der Waals surface area contributed by atoms with E-state index in [0.717, 1.165) is 25.1 Å². The minimum absolute atomic E-state index is 0.0135. The Morgan fingerprint density at radius 1 is 0.833 bits per heavy atom. The molecule has 0 atom stereocenters. The molecule has 0 fully saturated rings. The third-order valence-corrected chi connectivity index (χ3v) is 3.76. The number of phenolic OH excluding ortho intramolecular Hbond substituents is 1. The summed E-state index contributed by atoms with van der Waals surface area (Å²) in [5, 5.41) is 10.1. The molecule has 0 saturated heterocycles. The van der Waals surface area contributed by atoms with Crippen molar-refractivity contribution >= 4 is 5.78 Å². The van der Waals surface area contributed by atoms with Gasteiger partial charge >= 0.3 is 0 Å². The van der Waals surface area contributed by atoms with E-state index in [1.807, 2.05) is 50.2 Å². The maximum absolute atomic E-state index is 12.5. The summed E-state index contributed by atoms with van der Waals surface area (Å²) in [6.45, 7) is 19.3. The fourth-order valence-corrected chi connectivity index (χ4v) is 2.52. The van der Waals surface area contributed by atoms with Crippen LogP contribution in [0, 0.1) is 0 Å². The summed E-state index contributed by atoms with van der Waals surface area (Å²) in [6.07, 6.45) is 3.57. The monoisotopic (exact) mass is 415 g/mol. The molecule has 0 unspecified atom stereocenters. The van der Waals surface area contributed by atoms with Crippen molar-refractivity contribution in [1.29, 1.82) is 0 Å². The number of benzene rings is 2. The number of phenols is 1. The second-order valence-corrected chi connectivity index (χ2v) is 6.82. The van der Waals surface area contributed by atoms with Gasteiger partial charge < -0.3 is 5.11 Å². The smallest absolute Gasteiger partial charge is 0.193 e. The Balaban J connectivity index is 0. The average molecular weight is 416 g/mol. The van der Waals surface area contributed by atoms with Crippen molar-refractivity contribution in [2.75, 3.05) is 13.1 Å². The molecule has 2 aromatic carbocycles. The molecule has 0 radical (unpaired) electrons. The number of rotatable bonds is 7. The highest BCUT2D eigenvalue weighted by atomic mass is 16.3. The van der Waals surface area contributed by atoms with Crippen LogP contribution in [-0.2, 0) is 6.54 Å². The van der Waals surface area contributed by atoms with Crippen LogP contribution in [0.2, 0.25) is 0 Å². The lowest BCUT2D eigenvalue weighted by atomic mass is 10.0. The molecule has 2 rings (SSSR count). The third-order valence-electron chi connectivity index (χ3n) is 3.76. The minimum atomic E-state index is -0.0135. The Bertz CT molecular complexity index is 651. The summed E-state index contributed by atoms with van der Waals surface area (Å²) < 4.78 is 0. The van der Waals surface area contributed by atoms with Gasteiger partial charge in [-0.1, -0.05) is 98.6 Å². The van der Waals surface area contributed by atoms with Gasteiger partial charge in [0.25, 0.3) is 0 Å². The van der Waals surface area contributed by atoms with Crippen LogP contribution < -0.4 is 0 Å². The molecule has 0 saturated carbocycles. The predicted octanol–water partition coefficient (Wildman–Crippen LogP) is 7.71. The van der Waals surface area contributed by atoms with E-state index in [4.69, 9.17) is 0 Å². The lowest BCUT2D eigenvalue weighted by molar-refractivity contribution is 0.103. The normalized spacial score (nSPS) is 9.37. The Hall–Kier alpha value is -2.13. The van der Waals surface area contributed by atoms with E-state index >= 15 is 0 Å². The van der Waals surface area contributed by atoms with E-state index in [1.165, 1.54) is 12.8 Å². The molecule has 170 valence electrons. The van der Waals surface area contributed by atoms with Crippen LogP contribution in [0.5, 0.6) is 5.75 Å². The Kier molecular flexibility index (Phi) is 20.2. The molecule has 2 aromatic rings. The highest BCUT2D eigenvalue weighted by Crippen LogP contribution is 2.22. The fraction of sp³-hybridized carbons (Fsp3) is 0.519. The van der Waals surface area contributed by atoms with Gasteiger partial charge in [0.05, 0.1) is 0 Å². The van der Waals surface area contributed by atoms with Crippen LogP contribution in [-0.4, -0.2) is 28.9 Å². The second-order valence-electron chi connectivity index (χ2n) is 6.82. The van der Waals surface area contributed by atoms with Crippen LogP contribution in [0.3, 0.4) is 0 Å². The van der Waals surface area contributed by atoms with Crippen LogP contribution in [0.4, 0.5) is 0 Å². The molecule has 0 aliphatic heterocycles. The van der Waals surface area contributed by atoms with Crippen LogP contribution in [0.25, 0.3) is 0 Å². The topological polar surface area (TPSA) is 40.5 Å². The van der Waals surface area contributed by atoms with Crippen molar-refractivity contribution in [3.63, 3.8) is 0 Å². The Labute approximate surface area is 186 Å². The standard InChI is InChI=1S/C19H23NO2.2C3H8.C2H6/c1-3-12-20(4-2)14-17-13-16(10-11-18(17)21)19(22)15-8-6-5-7-9-15;2*1-3-2;1-2/h5-11,13,21H,3-4,12,14H2,1-2H3;2*3H2,1-2H3;1-2H3. The number of hydrogen-bond acceptors (Lipinski definition) is 3. The van der Waals surface area contributed by atoms with Gasteiger partial charge in [-0.05, 0) is 37.7 Å². The first kappa shape index (κ1) is 30.1. The molecule has 0 aliphatic rings. The lowest BCUT2D eigenvalue weighted by Gasteiger charge is -2.20. The Morgan fingerprint density at radius 3 is 1.83 bits per heavy atom. The summed E-state index contributed by atoms with van der Waals surface area (Å²) in [7, 11) is 0. The van der Waals surface area contributed by atoms with Crippen molar-refractivity contribution < 1.29 is 9.90 Å². The molecular weight excluding hydrogens is 370 g/mol. The van der Waals surface area contributed by atoms with Gasteiger partial charge in [0.1, 0.15) is 5.75 Å². The zero-order valence-electron chi connectivity index (χ0n) is 20.7. The molecule has 0 bridgehead atoms. The van der Waals surface area contributed by atoms with Crippen LogP contribution >= 0.6 is 0 Å². The van der Waals surface area contributed by atoms with Crippen molar-refractivity contribution in [2.45, 2.75) is 81.2 Å². The van der Waals surface area contributed by atoms with Crippen LogP contribution in [0.1, 0.15) is 96.1 Å². The van der Waals surface area contributed by atoms with Crippen molar-refractivity contribution in [3.8, 4) is 5.75 Å². The SMILES string of the molecule is CC.CCC.CCC.CCCN(CC)Cc1cc(C(=O)c2ccccc2)ccc1O. The first-order valence-electron chi connectivity index (χ1n) is 11.6. The number of aromatic hydroxyl groups is 1. The predicted molar refractivity (Wildman–Crippen MR) is 133 cm³/mol. The minimum Gasteiger partial charge on any atom is -0.508 e. The van der Waals surface area contributed by atoms with E-state index in [2.05, 4.69) is 46.4 Å². The van der Waals surface area contributed by atoms with E-state index in [0.29, 0.717) is 17.7 Å². The van der Waals surface area contributed by atoms with E-state index in [-0.39, 0.29) is 11.5 Å². The lowest BCUT2D eigenvalue weighted by Crippen LogP contribution is -2.23. The van der Waals surface area contributed by atoms with E-state index in [1.54, 1.807) is 12.1 Å². The summed E-state index contributed by atoms with van der Waals surface area (Å²) in [4.78, 5) is 14.8. The van der Waals surface area contributed by atoms with Gasteiger partial charge in [0, 0.05) is 23.2 Å². The highest BCUT2D eigenvalue weighted by molar-refractivity contribution is 6.09. The van der Waals surface area contributed by atoms with Crippen molar-refractivity contribution in [2.24, 2.45) is 0 Å². The molecule has 3 heteroatoms. The van der Waals surface area contributed by atoms with Gasteiger partial charge in [0.2, 0.25) is 0 Å².